The highest BCUT2D eigenvalue weighted by molar-refractivity contribution is 5.05. The fourth-order valence-corrected chi connectivity index (χ4v) is 2.85. The molecule has 1 aliphatic heterocycles. The molecule has 0 radical (unpaired) electrons. The summed E-state index contributed by atoms with van der Waals surface area (Å²) in [6.45, 7) is 6.59. The van der Waals surface area contributed by atoms with Crippen LogP contribution in [0.1, 0.15) is 37.1 Å². The third-order valence-electron chi connectivity index (χ3n) is 4.21. The normalized spacial score (nSPS) is 21.7. The number of hydrogen-bond donors (Lipinski definition) is 1. The Morgan fingerprint density at radius 2 is 2.11 bits per heavy atom. The van der Waals surface area contributed by atoms with Crippen LogP contribution >= 0.6 is 0 Å². The van der Waals surface area contributed by atoms with Crippen LogP contribution < -0.4 is 5.32 Å². The van der Waals surface area contributed by atoms with Crippen molar-refractivity contribution in [3.63, 3.8) is 0 Å². The van der Waals surface area contributed by atoms with Gasteiger partial charge in [-0.15, -0.1) is 0 Å². The Labute approximate surface area is 109 Å². The lowest BCUT2D eigenvalue weighted by Gasteiger charge is -2.29. The lowest BCUT2D eigenvalue weighted by molar-refractivity contribution is 0.188. The molecule has 1 saturated heterocycles. The maximum atomic E-state index is 5.31. The molecule has 0 spiro atoms. The molecule has 1 aromatic rings. The van der Waals surface area contributed by atoms with Crippen molar-refractivity contribution >= 4 is 0 Å². The van der Waals surface area contributed by atoms with Crippen LogP contribution in [0.25, 0.3) is 0 Å². The van der Waals surface area contributed by atoms with E-state index in [1.807, 2.05) is 6.92 Å². The maximum Gasteiger partial charge on any atom is 0.181 e. The summed E-state index contributed by atoms with van der Waals surface area (Å²) in [5.41, 5.74) is 1.12. The minimum atomic E-state index is 0.802. The Bertz CT molecular complexity index is 380. The maximum absolute atomic E-state index is 5.31. The lowest BCUT2D eigenvalue weighted by Crippen LogP contribution is -2.37. The van der Waals surface area contributed by atoms with Crippen molar-refractivity contribution in [2.24, 2.45) is 5.92 Å². The van der Waals surface area contributed by atoms with Crippen molar-refractivity contribution in [2.45, 2.75) is 45.2 Å². The third-order valence-corrected chi connectivity index (χ3v) is 4.21. The van der Waals surface area contributed by atoms with Crippen molar-refractivity contribution in [3.8, 4) is 0 Å². The number of aromatic nitrogens is 1. The van der Waals surface area contributed by atoms with E-state index in [0.717, 1.165) is 30.0 Å². The summed E-state index contributed by atoms with van der Waals surface area (Å²) in [4.78, 5) is 6.96. The van der Waals surface area contributed by atoms with Gasteiger partial charge >= 0.3 is 0 Å². The molecule has 0 aromatic carbocycles. The Morgan fingerprint density at radius 3 is 2.72 bits per heavy atom. The van der Waals surface area contributed by atoms with Gasteiger partial charge in [-0.1, -0.05) is 0 Å². The molecule has 2 fully saturated rings. The Morgan fingerprint density at radius 1 is 1.33 bits per heavy atom. The SMILES string of the molecule is Cc1ocnc1CN(CC1CCNCC1)C1CC1. The van der Waals surface area contributed by atoms with Gasteiger partial charge in [0.1, 0.15) is 5.76 Å². The number of hydrogen-bond acceptors (Lipinski definition) is 4. The first-order valence-corrected chi connectivity index (χ1v) is 7.16. The molecule has 18 heavy (non-hydrogen) atoms. The third kappa shape index (κ3) is 2.93. The molecule has 2 heterocycles. The first-order valence-electron chi connectivity index (χ1n) is 7.16. The molecular formula is C14H23N3O. The van der Waals surface area contributed by atoms with Crippen LogP contribution in [-0.4, -0.2) is 35.6 Å². The van der Waals surface area contributed by atoms with E-state index in [0.29, 0.717) is 0 Å². The fourth-order valence-electron chi connectivity index (χ4n) is 2.85. The number of oxazole rings is 1. The van der Waals surface area contributed by atoms with Gasteiger partial charge in [-0.05, 0) is 51.6 Å². The molecule has 1 aliphatic carbocycles. The smallest absolute Gasteiger partial charge is 0.181 e. The van der Waals surface area contributed by atoms with Crippen molar-refractivity contribution in [3.05, 3.63) is 17.8 Å². The summed E-state index contributed by atoms with van der Waals surface area (Å²) >= 11 is 0. The van der Waals surface area contributed by atoms with Crippen LogP contribution in [0.3, 0.4) is 0 Å². The van der Waals surface area contributed by atoms with E-state index >= 15 is 0 Å². The topological polar surface area (TPSA) is 41.3 Å². The number of aryl methyl sites for hydroxylation is 1. The highest BCUT2D eigenvalue weighted by Gasteiger charge is 2.31. The number of piperidine rings is 1. The van der Waals surface area contributed by atoms with Gasteiger partial charge in [0.25, 0.3) is 0 Å². The second-order valence-electron chi connectivity index (χ2n) is 5.71. The average molecular weight is 249 g/mol. The molecular weight excluding hydrogens is 226 g/mol. The van der Waals surface area contributed by atoms with Gasteiger partial charge in [-0.2, -0.15) is 0 Å². The van der Waals surface area contributed by atoms with E-state index in [2.05, 4.69) is 15.2 Å². The summed E-state index contributed by atoms with van der Waals surface area (Å²) in [7, 11) is 0. The highest BCUT2D eigenvalue weighted by atomic mass is 16.3. The van der Waals surface area contributed by atoms with Gasteiger partial charge in [0.15, 0.2) is 6.39 Å². The van der Waals surface area contributed by atoms with Crippen LogP contribution in [0.5, 0.6) is 0 Å². The predicted octanol–water partition coefficient (Wildman–Crippen LogP) is 1.95. The second-order valence-corrected chi connectivity index (χ2v) is 5.71. The quantitative estimate of drug-likeness (QED) is 0.866. The van der Waals surface area contributed by atoms with E-state index in [9.17, 15) is 0 Å². The molecule has 1 N–H and O–H groups in total. The molecule has 1 saturated carbocycles. The molecule has 4 heteroatoms. The Kier molecular flexibility index (Phi) is 3.66. The monoisotopic (exact) mass is 249 g/mol. The van der Waals surface area contributed by atoms with Gasteiger partial charge in [0.2, 0.25) is 0 Å². The van der Waals surface area contributed by atoms with Crippen LogP contribution in [-0.2, 0) is 6.54 Å². The van der Waals surface area contributed by atoms with Crippen LogP contribution in [0, 0.1) is 12.8 Å². The summed E-state index contributed by atoms with van der Waals surface area (Å²) in [5, 5.41) is 3.44. The zero-order chi connectivity index (χ0) is 12.4. The zero-order valence-electron chi connectivity index (χ0n) is 11.2. The standard InChI is InChI=1S/C14H23N3O/c1-11-14(16-10-18-11)9-17(13-2-3-13)8-12-4-6-15-7-5-12/h10,12-13,15H,2-9H2,1H3. The molecule has 0 unspecified atom stereocenters. The predicted molar refractivity (Wildman–Crippen MR) is 70.3 cm³/mol. The van der Waals surface area contributed by atoms with E-state index in [-0.39, 0.29) is 0 Å². The molecule has 1 aromatic heterocycles. The van der Waals surface area contributed by atoms with E-state index in [1.54, 1.807) is 6.39 Å². The first kappa shape index (κ1) is 12.2. The van der Waals surface area contributed by atoms with Crippen molar-refractivity contribution in [1.82, 2.24) is 15.2 Å². The Hall–Kier alpha value is -0.870. The van der Waals surface area contributed by atoms with E-state index in [4.69, 9.17) is 4.42 Å². The molecule has 3 rings (SSSR count). The second kappa shape index (κ2) is 5.41. The van der Waals surface area contributed by atoms with Gasteiger partial charge in [-0.25, -0.2) is 4.98 Å². The summed E-state index contributed by atoms with van der Waals surface area (Å²) in [6.07, 6.45) is 6.94. The first-order chi connectivity index (χ1) is 8.83. The minimum Gasteiger partial charge on any atom is -0.448 e. The van der Waals surface area contributed by atoms with Gasteiger partial charge in [0, 0.05) is 19.1 Å². The molecule has 4 nitrogen and oxygen atoms in total. The number of nitrogens with one attached hydrogen (secondary N) is 1. The molecule has 0 atom stereocenters. The summed E-state index contributed by atoms with van der Waals surface area (Å²) in [5.74, 6) is 1.84. The van der Waals surface area contributed by atoms with Crippen LogP contribution in [0.4, 0.5) is 0 Å². The highest BCUT2D eigenvalue weighted by Crippen LogP contribution is 2.30. The van der Waals surface area contributed by atoms with Gasteiger partial charge < -0.3 is 9.73 Å². The van der Waals surface area contributed by atoms with Crippen LogP contribution in [0.2, 0.25) is 0 Å². The fraction of sp³-hybridized carbons (Fsp3) is 0.786. The van der Waals surface area contributed by atoms with Crippen molar-refractivity contribution < 1.29 is 4.42 Å². The van der Waals surface area contributed by atoms with E-state index < -0.39 is 0 Å². The summed E-state index contributed by atoms with van der Waals surface area (Å²) < 4.78 is 5.31. The van der Waals surface area contributed by atoms with Gasteiger partial charge in [-0.3, -0.25) is 4.90 Å². The van der Waals surface area contributed by atoms with E-state index in [1.165, 1.54) is 45.3 Å². The van der Waals surface area contributed by atoms with Gasteiger partial charge in [0.05, 0.1) is 5.69 Å². The summed E-state index contributed by atoms with van der Waals surface area (Å²) in [6, 6.07) is 0.802. The van der Waals surface area contributed by atoms with Crippen LogP contribution in [0.15, 0.2) is 10.8 Å². The molecule has 100 valence electrons. The number of nitrogens with zero attached hydrogens (tertiary/aromatic N) is 2. The van der Waals surface area contributed by atoms with Crippen molar-refractivity contribution in [1.29, 1.82) is 0 Å². The lowest BCUT2D eigenvalue weighted by atomic mass is 9.97. The minimum absolute atomic E-state index is 0.802. The number of rotatable bonds is 5. The molecule has 0 bridgehead atoms. The van der Waals surface area contributed by atoms with Crippen molar-refractivity contribution in [2.75, 3.05) is 19.6 Å². The average Bonchev–Trinajstić information content (AvgIpc) is 3.16. The largest absolute Gasteiger partial charge is 0.448 e. The Balaban J connectivity index is 1.59. The molecule has 0 amide bonds. The zero-order valence-corrected chi connectivity index (χ0v) is 11.2. The molecule has 2 aliphatic rings.